The molecule has 6 rings (SSSR count). The van der Waals surface area contributed by atoms with Gasteiger partial charge in [-0.05, 0) is 49.3 Å². The van der Waals surface area contributed by atoms with Crippen molar-refractivity contribution in [2.24, 2.45) is 0 Å². The van der Waals surface area contributed by atoms with Gasteiger partial charge >= 0.3 is 6.03 Å². The van der Waals surface area contributed by atoms with E-state index in [9.17, 15) is 4.79 Å². The number of nitrogens with zero attached hydrogens (tertiary/aromatic N) is 4. The first kappa shape index (κ1) is 26.9. The number of amides is 2. The lowest BCUT2D eigenvalue weighted by Gasteiger charge is -2.44. The molecule has 3 aromatic rings. The lowest BCUT2D eigenvalue weighted by atomic mass is 10.0. The van der Waals surface area contributed by atoms with Crippen LogP contribution >= 0.6 is 11.8 Å². The van der Waals surface area contributed by atoms with Crippen molar-refractivity contribution in [3.05, 3.63) is 59.4 Å². The number of nitrogens with one attached hydrogen (secondary N) is 3. The number of pyridine rings is 2. The molecule has 2 aromatic heterocycles. The molecule has 2 bridgehead atoms. The second-order valence-corrected chi connectivity index (χ2v) is 11.8. The van der Waals surface area contributed by atoms with E-state index in [-0.39, 0.29) is 29.2 Å². The molecule has 11 heteroatoms. The molecule has 3 aliphatic rings. The molecule has 1 fully saturated rings. The molecule has 0 radical (unpaired) electrons. The first-order valence-electron chi connectivity index (χ1n) is 13.8. The van der Waals surface area contributed by atoms with Gasteiger partial charge in [0.05, 0.1) is 16.9 Å². The molecule has 210 valence electrons. The van der Waals surface area contributed by atoms with Gasteiger partial charge in [0, 0.05) is 54.6 Å². The Morgan fingerprint density at radius 1 is 1.15 bits per heavy atom. The van der Waals surface area contributed by atoms with Crippen molar-refractivity contribution < 1.29 is 13.6 Å². The van der Waals surface area contributed by atoms with Crippen molar-refractivity contribution in [3.63, 3.8) is 0 Å². The first-order valence-corrected chi connectivity index (χ1v) is 14.8. The maximum absolute atomic E-state index is 16.1. The Bertz CT molecular complexity index is 1450. The third-order valence-corrected chi connectivity index (χ3v) is 8.80. The van der Waals surface area contributed by atoms with E-state index in [4.69, 9.17) is 4.98 Å². The number of carbonyl (C=O) groups is 1. The van der Waals surface area contributed by atoms with Gasteiger partial charge in [0.15, 0.2) is 0 Å². The van der Waals surface area contributed by atoms with Crippen LogP contribution in [0.5, 0.6) is 0 Å². The Balaban J connectivity index is 1.64. The molecular weight excluding hydrogens is 532 g/mol. The van der Waals surface area contributed by atoms with Crippen LogP contribution in [0.15, 0.2) is 41.4 Å². The zero-order valence-corrected chi connectivity index (χ0v) is 23.6. The van der Waals surface area contributed by atoms with E-state index < -0.39 is 17.8 Å². The van der Waals surface area contributed by atoms with E-state index in [1.54, 1.807) is 30.1 Å². The van der Waals surface area contributed by atoms with Crippen LogP contribution < -0.4 is 20.9 Å². The van der Waals surface area contributed by atoms with Gasteiger partial charge in [-0.15, -0.1) is 11.8 Å². The number of benzene rings is 1. The minimum Gasteiger partial charge on any atom is -0.384 e. The second kappa shape index (κ2) is 10.9. The van der Waals surface area contributed by atoms with Gasteiger partial charge in [-0.1, -0.05) is 19.9 Å². The number of carbonyl (C=O) groups excluding carboxylic acids is 1. The van der Waals surface area contributed by atoms with Crippen LogP contribution in [-0.4, -0.2) is 58.9 Å². The van der Waals surface area contributed by atoms with Crippen molar-refractivity contribution in [3.8, 4) is 11.3 Å². The summed E-state index contributed by atoms with van der Waals surface area (Å²) in [5.74, 6) is -0.163. The lowest BCUT2D eigenvalue weighted by Crippen LogP contribution is -2.58. The Morgan fingerprint density at radius 3 is 2.80 bits per heavy atom. The van der Waals surface area contributed by atoms with Crippen molar-refractivity contribution >= 4 is 35.0 Å². The summed E-state index contributed by atoms with van der Waals surface area (Å²) in [5, 5.41) is 9.80. The first-order chi connectivity index (χ1) is 19.3. The smallest absolute Gasteiger partial charge is 0.329 e. The topological polar surface area (TPSA) is 85.4 Å². The summed E-state index contributed by atoms with van der Waals surface area (Å²) in [4.78, 5) is 28.1. The number of hydrogen-bond acceptors (Lipinski definition) is 7. The van der Waals surface area contributed by atoms with Gasteiger partial charge in [-0.3, -0.25) is 9.88 Å². The number of halogens is 2. The van der Waals surface area contributed by atoms with Gasteiger partial charge in [0.2, 0.25) is 0 Å². The summed E-state index contributed by atoms with van der Waals surface area (Å²) in [6.45, 7) is 8.85. The highest BCUT2D eigenvalue weighted by atomic mass is 32.2. The third kappa shape index (κ3) is 4.69. The molecule has 1 unspecified atom stereocenters. The van der Waals surface area contributed by atoms with Crippen LogP contribution in [0.3, 0.4) is 0 Å². The zero-order chi connectivity index (χ0) is 28.0. The Hall–Kier alpha value is -3.28. The Kier molecular flexibility index (Phi) is 7.37. The van der Waals surface area contributed by atoms with E-state index in [1.165, 1.54) is 17.0 Å². The van der Waals surface area contributed by atoms with E-state index in [1.807, 2.05) is 19.9 Å². The minimum absolute atomic E-state index is 0.00755. The zero-order valence-electron chi connectivity index (χ0n) is 22.8. The van der Waals surface area contributed by atoms with Crippen molar-refractivity contribution in [1.29, 1.82) is 0 Å². The molecule has 1 aromatic carbocycles. The normalized spacial score (nSPS) is 21.4. The predicted molar refractivity (Wildman–Crippen MR) is 154 cm³/mol. The van der Waals surface area contributed by atoms with Crippen molar-refractivity contribution in [1.82, 2.24) is 25.5 Å². The highest BCUT2D eigenvalue weighted by molar-refractivity contribution is 7.99. The van der Waals surface area contributed by atoms with Gasteiger partial charge < -0.3 is 16.0 Å². The number of urea groups is 1. The van der Waals surface area contributed by atoms with Crippen LogP contribution in [-0.2, 0) is 0 Å². The van der Waals surface area contributed by atoms with Crippen LogP contribution in [0.25, 0.3) is 11.3 Å². The Labute approximate surface area is 236 Å². The highest BCUT2D eigenvalue weighted by Gasteiger charge is 2.41. The Morgan fingerprint density at radius 2 is 2.00 bits per heavy atom. The molecule has 0 spiro atoms. The van der Waals surface area contributed by atoms with Crippen LogP contribution in [0.2, 0.25) is 0 Å². The lowest BCUT2D eigenvalue weighted by molar-refractivity contribution is 0.0979. The van der Waals surface area contributed by atoms with Crippen LogP contribution in [0, 0.1) is 11.6 Å². The molecule has 2 atom stereocenters. The van der Waals surface area contributed by atoms with Gasteiger partial charge in [-0.2, -0.15) is 0 Å². The number of thioether (sulfide) groups is 1. The summed E-state index contributed by atoms with van der Waals surface area (Å²) in [6.07, 6.45) is 1.95. The summed E-state index contributed by atoms with van der Waals surface area (Å²) in [5.41, 5.74) is 2.31. The van der Waals surface area contributed by atoms with E-state index in [2.05, 4.69) is 32.8 Å². The van der Waals surface area contributed by atoms with E-state index in [0.29, 0.717) is 35.8 Å². The average molecular weight is 566 g/mol. The molecule has 0 saturated carbocycles. The van der Waals surface area contributed by atoms with Gasteiger partial charge in [0.1, 0.15) is 29.3 Å². The van der Waals surface area contributed by atoms with Gasteiger partial charge in [0.25, 0.3) is 0 Å². The summed E-state index contributed by atoms with van der Waals surface area (Å²) in [7, 11) is 0. The maximum atomic E-state index is 16.1. The summed E-state index contributed by atoms with van der Waals surface area (Å²) >= 11 is 1.64. The largest absolute Gasteiger partial charge is 0.384 e. The minimum atomic E-state index is -0.643. The number of anilines is 3. The van der Waals surface area contributed by atoms with Crippen LogP contribution in [0.1, 0.15) is 50.5 Å². The predicted octanol–water partition coefficient (Wildman–Crippen LogP) is 5.61. The fourth-order valence-electron chi connectivity index (χ4n) is 5.72. The summed E-state index contributed by atoms with van der Waals surface area (Å²) in [6, 6.07) is 7.69. The number of hydrogen-bond donors (Lipinski definition) is 3. The fourth-order valence-corrected chi connectivity index (χ4v) is 6.72. The highest BCUT2D eigenvalue weighted by Crippen LogP contribution is 2.46. The van der Waals surface area contributed by atoms with E-state index >= 15 is 8.78 Å². The standard InChI is InChI=1S/C29H33F2N7OS/c1-16(2)24-26-22(8-10-34-24)40-13-5-9-33-21-7-4-6-19(30)23(21)25-20(31)14-18-27(37-12-11-32-15-17(37)3)36-29(39)38(26)28(18)35-25/h4,6-8,10,14,16-17,27,32-33H,5,9,11-13,15H2,1-3H3,(H,36,39)/t17-,27?/m0/s1. The molecule has 3 N–H and O–H groups in total. The number of aromatic nitrogens is 2. The van der Waals surface area contributed by atoms with Gasteiger partial charge in [-0.25, -0.2) is 23.5 Å². The summed E-state index contributed by atoms with van der Waals surface area (Å²) < 4.78 is 31.5. The maximum Gasteiger partial charge on any atom is 0.329 e. The molecule has 40 heavy (non-hydrogen) atoms. The molecule has 1 saturated heterocycles. The monoisotopic (exact) mass is 565 g/mol. The van der Waals surface area contributed by atoms with Crippen LogP contribution in [0.4, 0.5) is 30.8 Å². The fraction of sp³-hybridized carbons (Fsp3) is 0.414. The number of rotatable bonds is 2. The SMILES string of the molecule is CC(C)c1nccc2c1N1C(=O)NC(N3CCNC[C@@H]3C)c3cc(F)c(nc31)-c1c(F)cccc1NCCCS2. The van der Waals surface area contributed by atoms with E-state index in [0.717, 1.165) is 35.9 Å². The molecule has 5 heterocycles. The molecule has 0 aliphatic carbocycles. The van der Waals surface area contributed by atoms with Crippen molar-refractivity contribution in [2.75, 3.05) is 42.1 Å². The molecule has 3 aliphatic heterocycles. The average Bonchev–Trinajstić information content (AvgIpc) is 2.94. The molecule has 2 amide bonds. The second-order valence-electron chi connectivity index (χ2n) is 10.7. The molecular formula is C29H33F2N7OS. The van der Waals surface area contributed by atoms with Crippen molar-refractivity contribution in [2.45, 2.75) is 50.2 Å². The quantitative estimate of drug-likeness (QED) is 0.373. The third-order valence-electron chi connectivity index (χ3n) is 7.67. The number of piperazine rings is 1. The number of fused-ring (bicyclic) bond motifs is 5. The molecule has 8 nitrogen and oxygen atoms in total.